The van der Waals surface area contributed by atoms with E-state index >= 15 is 0 Å². The molecule has 2 aliphatic heterocycles. The third-order valence-electron chi connectivity index (χ3n) is 5.22. The maximum absolute atomic E-state index is 12.9. The summed E-state index contributed by atoms with van der Waals surface area (Å²) in [5.74, 6) is 2.39. The summed E-state index contributed by atoms with van der Waals surface area (Å²) in [5, 5.41) is 2.95. The molecule has 3 fully saturated rings. The van der Waals surface area contributed by atoms with Crippen molar-refractivity contribution in [2.24, 2.45) is 0 Å². The molecule has 2 saturated heterocycles. The summed E-state index contributed by atoms with van der Waals surface area (Å²) in [4.78, 5) is 28.9. The van der Waals surface area contributed by atoms with Crippen molar-refractivity contribution in [2.45, 2.75) is 37.4 Å². The van der Waals surface area contributed by atoms with Gasteiger partial charge in [0.25, 0.3) is 5.91 Å². The number of carbonyl (C=O) groups is 2. The number of imide groups is 1. The van der Waals surface area contributed by atoms with Crippen LogP contribution in [0.4, 0.5) is 4.79 Å². The average Bonchev–Trinajstić information content (AvgIpc) is 3.32. The van der Waals surface area contributed by atoms with Gasteiger partial charge < -0.3 is 10.1 Å². The maximum Gasteiger partial charge on any atom is 0.326 e. The Kier molecular flexibility index (Phi) is 4.37. The molecule has 0 bridgehead atoms. The molecule has 1 aliphatic carbocycles. The molecule has 1 atom stereocenters. The van der Waals surface area contributed by atoms with E-state index in [1.807, 2.05) is 24.3 Å². The number of amides is 3. The van der Waals surface area contributed by atoms with Gasteiger partial charge in [0.05, 0.1) is 13.8 Å². The lowest BCUT2D eigenvalue weighted by molar-refractivity contribution is -0.132. The van der Waals surface area contributed by atoms with Gasteiger partial charge in [0.1, 0.15) is 11.3 Å². The van der Waals surface area contributed by atoms with Crippen LogP contribution in [0.1, 0.15) is 24.8 Å². The highest BCUT2D eigenvalue weighted by molar-refractivity contribution is 7.99. The van der Waals surface area contributed by atoms with Crippen LogP contribution in [0.3, 0.4) is 0 Å². The van der Waals surface area contributed by atoms with E-state index in [0.717, 1.165) is 36.3 Å². The van der Waals surface area contributed by atoms with Gasteiger partial charge in [-0.1, -0.05) is 18.2 Å². The second-order valence-corrected chi connectivity index (χ2v) is 8.08. The standard InChI is InChI=1S/C18H23N3O3S/c1-24-15-5-3-2-4-13(15)10-20(14-6-7-14)12-21-16(22)18(19-17(21)23)8-9-25-11-18/h2-5,14H,6-12H2,1H3,(H,19,23)/t18-/m0/s1. The summed E-state index contributed by atoms with van der Waals surface area (Å²) in [7, 11) is 1.67. The number of carbonyl (C=O) groups excluding carboxylic acids is 2. The van der Waals surface area contributed by atoms with Crippen molar-refractivity contribution in [1.82, 2.24) is 15.1 Å². The van der Waals surface area contributed by atoms with Crippen LogP contribution in [0.25, 0.3) is 0 Å². The SMILES string of the molecule is COc1ccccc1CN(CN1C(=O)N[C@]2(CCSC2)C1=O)C1CC1. The van der Waals surface area contributed by atoms with Gasteiger partial charge in [-0.15, -0.1) is 0 Å². The summed E-state index contributed by atoms with van der Waals surface area (Å²) < 4.78 is 5.45. The Balaban J connectivity index is 1.51. The highest BCUT2D eigenvalue weighted by atomic mass is 32.2. The monoisotopic (exact) mass is 361 g/mol. The van der Waals surface area contributed by atoms with Crippen LogP contribution in [0, 0.1) is 0 Å². The summed E-state index contributed by atoms with van der Waals surface area (Å²) in [6.07, 6.45) is 2.95. The molecule has 2 heterocycles. The molecule has 0 radical (unpaired) electrons. The third kappa shape index (κ3) is 3.11. The number of methoxy groups -OCH3 is 1. The van der Waals surface area contributed by atoms with Crippen molar-refractivity contribution >= 4 is 23.7 Å². The minimum absolute atomic E-state index is 0.0619. The lowest BCUT2D eigenvalue weighted by atomic mass is 9.99. The van der Waals surface area contributed by atoms with Crippen molar-refractivity contribution < 1.29 is 14.3 Å². The Morgan fingerprint density at radius 2 is 2.16 bits per heavy atom. The molecule has 3 aliphatic rings. The molecule has 6 nitrogen and oxygen atoms in total. The Morgan fingerprint density at radius 3 is 2.84 bits per heavy atom. The van der Waals surface area contributed by atoms with Gasteiger partial charge in [0.15, 0.2) is 0 Å². The first-order chi connectivity index (χ1) is 12.1. The molecular weight excluding hydrogens is 338 g/mol. The second-order valence-electron chi connectivity index (χ2n) is 6.98. The molecule has 1 aromatic rings. The fourth-order valence-corrected chi connectivity index (χ4v) is 4.93. The van der Waals surface area contributed by atoms with E-state index in [2.05, 4.69) is 10.2 Å². The van der Waals surface area contributed by atoms with E-state index in [9.17, 15) is 9.59 Å². The molecule has 134 valence electrons. The molecule has 4 rings (SSSR count). The van der Waals surface area contributed by atoms with Crippen molar-refractivity contribution in [3.8, 4) is 5.75 Å². The third-order valence-corrected chi connectivity index (χ3v) is 6.41. The van der Waals surface area contributed by atoms with E-state index in [1.54, 1.807) is 18.9 Å². The van der Waals surface area contributed by atoms with Crippen LogP contribution in [0.2, 0.25) is 0 Å². The van der Waals surface area contributed by atoms with E-state index < -0.39 is 5.54 Å². The number of hydrogen-bond acceptors (Lipinski definition) is 5. The van der Waals surface area contributed by atoms with E-state index in [-0.39, 0.29) is 11.9 Å². The van der Waals surface area contributed by atoms with Crippen LogP contribution in [-0.4, -0.2) is 58.6 Å². The number of urea groups is 1. The Bertz CT molecular complexity index is 686. The summed E-state index contributed by atoms with van der Waals surface area (Å²) in [6.45, 7) is 1.02. The van der Waals surface area contributed by atoms with Gasteiger partial charge in [0.2, 0.25) is 0 Å². The number of benzene rings is 1. The average molecular weight is 361 g/mol. The van der Waals surface area contributed by atoms with E-state index in [4.69, 9.17) is 4.74 Å². The van der Waals surface area contributed by atoms with Gasteiger partial charge >= 0.3 is 6.03 Å². The lowest BCUT2D eigenvalue weighted by Gasteiger charge is -2.27. The smallest absolute Gasteiger partial charge is 0.326 e. The predicted octanol–water partition coefficient (Wildman–Crippen LogP) is 2.04. The number of para-hydroxylation sites is 1. The van der Waals surface area contributed by atoms with Crippen LogP contribution in [0.15, 0.2) is 24.3 Å². The normalized spacial score (nSPS) is 25.9. The zero-order chi connectivity index (χ0) is 17.4. The maximum atomic E-state index is 12.9. The summed E-state index contributed by atoms with van der Waals surface area (Å²) in [5.41, 5.74) is 0.414. The minimum Gasteiger partial charge on any atom is -0.496 e. The molecule has 3 amide bonds. The largest absolute Gasteiger partial charge is 0.496 e. The zero-order valence-electron chi connectivity index (χ0n) is 14.4. The van der Waals surface area contributed by atoms with Gasteiger partial charge in [-0.25, -0.2) is 9.69 Å². The molecular formula is C18H23N3O3S. The first kappa shape index (κ1) is 16.7. The van der Waals surface area contributed by atoms with E-state index in [0.29, 0.717) is 25.0 Å². The number of nitrogens with one attached hydrogen (secondary N) is 1. The van der Waals surface area contributed by atoms with Gasteiger partial charge in [-0.05, 0) is 31.1 Å². The lowest BCUT2D eigenvalue weighted by Crippen LogP contribution is -2.48. The highest BCUT2D eigenvalue weighted by Gasteiger charge is 2.53. The molecule has 0 aromatic heterocycles. The number of ether oxygens (including phenoxy) is 1. The van der Waals surface area contributed by atoms with Crippen molar-refractivity contribution in [1.29, 1.82) is 0 Å². The molecule has 0 unspecified atom stereocenters. The minimum atomic E-state index is -0.665. The Labute approximate surface area is 151 Å². The molecule has 1 aromatic carbocycles. The first-order valence-electron chi connectivity index (χ1n) is 8.71. The molecule has 1 N–H and O–H groups in total. The van der Waals surface area contributed by atoms with Crippen molar-refractivity contribution in [2.75, 3.05) is 25.3 Å². The van der Waals surface area contributed by atoms with Crippen LogP contribution >= 0.6 is 11.8 Å². The van der Waals surface area contributed by atoms with Crippen LogP contribution in [-0.2, 0) is 11.3 Å². The Morgan fingerprint density at radius 1 is 1.36 bits per heavy atom. The van der Waals surface area contributed by atoms with E-state index in [1.165, 1.54) is 4.90 Å². The fourth-order valence-electron chi connectivity index (χ4n) is 3.61. The molecule has 1 spiro atoms. The molecule has 25 heavy (non-hydrogen) atoms. The number of thioether (sulfide) groups is 1. The predicted molar refractivity (Wildman–Crippen MR) is 96.5 cm³/mol. The second kappa shape index (κ2) is 6.53. The molecule has 1 saturated carbocycles. The highest BCUT2D eigenvalue weighted by Crippen LogP contribution is 2.35. The summed E-state index contributed by atoms with van der Waals surface area (Å²) in [6, 6.07) is 8.09. The zero-order valence-corrected chi connectivity index (χ0v) is 15.2. The van der Waals surface area contributed by atoms with Gasteiger partial charge in [0, 0.05) is 23.9 Å². The number of nitrogens with zero attached hydrogens (tertiary/aromatic N) is 2. The van der Waals surface area contributed by atoms with Crippen LogP contribution in [0.5, 0.6) is 5.75 Å². The summed E-state index contributed by atoms with van der Waals surface area (Å²) >= 11 is 1.73. The molecule has 7 heteroatoms. The fraction of sp³-hybridized carbons (Fsp3) is 0.556. The topological polar surface area (TPSA) is 61.9 Å². The van der Waals surface area contributed by atoms with Crippen molar-refractivity contribution in [3.05, 3.63) is 29.8 Å². The van der Waals surface area contributed by atoms with Crippen molar-refractivity contribution in [3.63, 3.8) is 0 Å². The number of rotatable bonds is 6. The van der Waals surface area contributed by atoms with Crippen LogP contribution < -0.4 is 10.1 Å². The van der Waals surface area contributed by atoms with Gasteiger partial charge in [-0.3, -0.25) is 9.69 Å². The first-order valence-corrected chi connectivity index (χ1v) is 9.86. The quantitative estimate of drug-likeness (QED) is 0.786. The number of hydrogen-bond donors (Lipinski definition) is 1. The Hall–Kier alpha value is -1.73. The van der Waals surface area contributed by atoms with Gasteiger partial charge in [-0.2, -0.15) is 11.8 Å².